The van der Waals surface area contributed by atoms with Crippen LogP contribution >= 0.6 is 22.9 Å². The number of benzene rings is 3. The van der Waals surface area contributed by atoms with E-state index in [9.17, 15) is 4.79 Å². The zero-order chi connectivity index (χ0) is 23.2. The summed E-state index contributed by atoms with van der Waals surface area (Å²) in [6.45, 7) is 0. The second kappa shape index (κ2) is 10.4. The number of para-hydroxylation sites is 3. The molecule has 1 N–H and O–H groups in total. The van der Waals surface area contributed by atoms with Crippen LogP contribution in [-0.2, 0) is 11.2 Å². The Kier molecular flexibility index (Phi) is 7.12. The van der Waals surface area contributed by atoms with Gasteiger partial charge in [-0.05, 0) is 42.5 Å². The van der Waals surface area contributed by atoms with Crippen LogP contribution in [0.5, 0.6) is 23.0 Å². The molecule has 0 saturated carbocycles. The fourth-order valence-corrected chi connectivity index (χ4v) is 4.14. The van der Waals surface area contributed by atoms with E-state index in [-0.39, 0.29) is 12.3 Å². The molecule has 8 heteroatoms. The number of hydrogen-bond donors (Lipinski definition) is 1. The minimum Gasteiger partial charge on any atom is -0.493 e. The number of thiazole rings is 1. The second-order valence-electron chi connectivity index (χ2n) is 6.97. The van der Waals surface area contributed by atoms with Crippen LogP contribution in [0, 0.1) is 0 Å². The van der Waals surface area contributed by atoms with Crippen LogP contribution in [0.3, 0.4) is 0 Å². The van der Waals surface area contributed by atoms with Crippen molar-refractivity contribution in [3.8, 4) is 33.6 Å². The Labute approximate surface area is 200 Å². The molecule has 0 unspecified atom stereocenters. The number of amides is 1. The van der Waals surface area contributed by atoms with E-state index in [1.165, 1.54) is 11.3 Å². The molecule has 0 aliphatic carbocycles. The van der Waals surface area contributed by atoms with E-state index >= 15 is 0 Å². The Morgan fingerprint density at radius 1 is 0.939 bits per heavy atom. The van der Waals surface area contributed by atoms with Crippen molar-refractivity contribution in [2.45, 2.75) is 6.42 Å². The maximum Gasteiger partial charge on any atom is 0.230 e. The normalized spacial score (nSPS) is 10.5. The van der Waals surface area contributed by atoms with Gasteiger partial charge in [0.2, 0.25) is 5.91 Å². The lowest BCUT2D eigenvalue weighted by Crippen LogP contribution is -2.15. The minimum absolute atomic E-state index is 0.129. The molecular formula is C25H21ClN2O4S. The van der Waals surface area contributed by atoms with Crippen LogP contribution in [0.4, 0.5) is 5.69 Å². The first-order valence-electron chi connectivity index (χ1n) is 10.1. The number of aromatic nitrogens is 1. The van der Waals surface area contributed by atoms with Crippen molar-refractivity contribution in [1.82, 2.24) is 4.98 Å². The Morgan fingerprint density at radius 3 is 2.42 bits per heavy atom. The van der Waals surface area contributed by atoms with Gasteiger partial charge in [0.1, 0.15) is 10.8 Å². The quantitative estimate of drug-likeness (QED) is 0.313. The standard InChI is InChI=1S/C25H21ClN2O4S/c1-30-22-12-11-16(13-23(22)31-2)25-27-17(15-33-25)14-24(29)28-19-8-4-6-10-21(19)32-20-9-5-3-7-18(20)26/h3-13,15H,14H2,1-2H3,(H,28,29). The molecular weight excluding hydrogens is 460 g/mol. The van der Waals surface area contributed by atoms with Crippen LogP contribution in [-0.4, -0.2) is 25.1 Å². The number of carbonyl (C=O) groups excluding carboxylic acids is 1. The van der Waals surface area contributed by atoms with E-state index in [1.54, 1.807) is 38.5 Å². The maximum atomic E-state index is 12.7. The molecule has 4 rings (SSSR count). The molecule has 0 aliphatic heterocycles. The van der Waals surface area contributed by atoms with Gasteiger partial charge < -0.3 is 19.5 Å². The van der Waals surface area contributed by atoms with E-state index in [1.807, 2.05) is 47.8 Å². The van der Waals surface area contributed by atoms with Gasteiger partial charge in [-0.2, -0.15) is 0 Å². The van der Waals surface area contributed by atoms with E-state index in [0.29, 0.717) is 39.4 Å². The summed E-state index contributed by atoms with van der Waals surface area (Å²) in [6, 6.07) is 20.0. The molecule has 0 fully saturated rings. The van der Waals surface area contributed by atoms with Crippen molar-refractivity contribution < 1.29 is 19.0 Å². The van der Waals surface area contributed by atoms with Crippen LogP contribution in [0.25, 0.3) is 10.6 Å². The summed E-state index contributed by atoms with van der Waals surface area (Å²) in [6.07, 6.45) is 0.129. The van der Waals surface area contributed by atoms with Crippen molar-refractivity contribution in [2.24, 2.45) is 0 Å². The molecule has 1 aromatic heterocycles. The largest absolute Gasteiger partial charge is 0.493 e. The van der Waals surface area contributed by atoms with E-state index in [2.05, 4.69) is 10.3 Å². The smallest absolute Gasteiger partial charge is 0.230 e. The van der Waals surface area contributed by atoms with Crippen molar-refractivity contribution in [1.29, 1.82) is 0 Å². The summed E-state index contributed by atoms with van der Waals surface area (Å²) in [7, 11) is 3.18. The zero-order valence-electron chi connectivity index (χ0n) is 18.0. The molecule has 0 saturated heterocycles. The monoisotopic (exact) mass is 480 g/mol. The Hall–Kier alpha value is -3.55. The first-order valence-corrected chi connectivity index (χ1v) is 11.3. The molecule has 0 spiro atoms. The van der Waals surface area contributed by atoms with E-state index < -0.39 is 0 Å². The highest BCUT2D eigenvalue weighted by atomic mass is 35.5. The number of nitrogens with zero attached hydrogens (tertiary/aromatic N) is 1. The number of anilines is 1. The predicted molar refractivity (Wildman–Crippen MR) is 131 cm³/mol. The first kappa shape index (κ1) is 22.6. The number of rotatable bonds is 8. The lowest BCUT2D eigenvalue weighted by atomic mass is 10.2. The Balaban J connectivity index is 1.46. The number of halogens is 1. The van der Waals surface area contributed by atoms with Gasteiger partial charge in [0.25, 0.3) is 0 Å². The van der Waals surface area contributed by atoms with Crippen molar-refractivity contribution in [2.75, 3.05) is 19.5 Å². The fraction of sp³-hybridized carbons (Fsp3) is 0.120. The summed E-state index contributed by atoms with van der Waals surface area (Å²) in [5.74, 6) is 2.09. The van der Waals surface area contributed by atoms with Crippen LogP contribution in [0.1, 0.15) is 5.69 Å². The molecule has 33 heavy (non-hydrogen) atoms. The van der Waals surface area contributed by atoms with Gasteiger partial charge in [0.05, 0.1) is 37.0 Å². The number of hydrogen-bond acceptors (Lipinski definition) is 6. The Morgan fingerprint density at radius 2 is 1.67 bits per heavy atom. The highest BCUT2D eigenvalue weighted by Crippen LogP contribution is 2.35. The van der Waals surface area contributed by atoms with Gasteiger partial charge in [-0.15, -0.1) is 11.3 Å². The molecule has 0 atom stereocenters. The van der Waals surface area contributed by atoms with Crippen LogP contribution in [0.2, 0.25) is 5.02 Å². The average Bonchev–Trinajstić information content (AvgIpc) is 3.29. The highest BCUT2D eigenvalue weighted by Gasteiger charge is 2.14. The van der Waals surface area contributed by atoms with E-state index in [0.717, 1.165) is 10.6 Å². The van der Waals surface area contributed by atoms with Crippen molar-refractivity contribution >= 4 is 34.5 Å². The van der Waals surface area contributed by atoms with Crippen LogP contribution in [0.15, 0.2) is 72.1 Å². The summed E-state index contributed by atoms with van der Waals surface area (Å²) < 4.78 is 16.6. The lowest BCUT2D eigenvalue weighted by Gasteiger charge is -2.12. The number of methoxy groups -OCH3 is 2. The SMILES string of the molecule is COc1ccc(-c2nc(CC(=O)Nc3ccccc3Oc3ccccc3Cl)cs2)cc1OC. The fourth-order valence-electron chi connectivity index (χ4n) is 3.15. The number of ether oxygens (including phenoxy) is 3. The molecule has 3 aromatic carbocycles. The molecule has 168 valence electrons. The topological polar surface area (TPSA) is 69.7 Å². The molecule has 1 heterocycles. The number of carbonyl (C=O) groups is 1. The van der Waals surface area contributed by atoms with Gasteiger partial charge >= 0.3 is 0 Å². The van der Waals surface area contributed by atoms with Crippen molar-refractivity contribution in [3.05, 3.63) is 82.8 Å². The highest BCUT2D eigenvalue weighted by molar-refractivity contribution is 7.13. The van der Waals surface area contributed by atoms with Crippen molar-refractivity contribution in [3.63, 3.8) is 0 Å². The first-order chi connectivity index (χ1) is 16.1. The number of nitrogens with one attached hydrogen (secondary N) is 1. The predicted octanol–water partition coefficient (Wildman–Crippen LogP) is 6.45. The molecule has 0 aliphatic rings. The molecule has 4 aromatic rings. The third-order valence-corrected chi connectivity index (χ3v) is 5.99. The third kappa shape index (κ3) is 5.45. The molecule has 1 amide bonds. The van der Waals surface area contributed by atoms with Gasteiger partial charge in [-0.25, -0.2) is 4.98 Å². The minimum atomic E-state index is -0.200. The average molecular weight is 481 g/mol. The summed E-state index contributed by atoms with van der Waals surface area (Å²) in [4.78, 5) is 17.3. The maximum absolute atomic E-state index is 12.7. The van der Waals surface area contributed by atoms with Gasteiger partial charge in [0, 0.05) is 10.9 Å². The molecule has 0 radical (unpaired) electrons. The van der Waals surface area contributed by atoms with Gasteiger partial charge in [-0.1, -0.05) is 35.9 Å². The molecule has 6 nitrogen and oxygen atoms in total. The second-order valence-corrected chi connectivity index (χ2v) is 8.23. The summed E-state index contributed by atoms with van der Waals surface area (Å²) in [5.41, 5.74) is 2.12. The summed E-state index contributed by atoms with van der Waals surface area (Å²) >= 11 is 7.66. The molecule has 0 bridgehead atoms. The van der Waals surface area contributed by atoms with Gasteiger partial charge in [-0.3, -0.25) is 4.79 Å². The van der Waals surface area contributed by atoms with Crippen LogP contribution < -0.4 is 19.5 Å². The Bertz CT molecular complexity index is 1270. The zero-order valence-corrected chi connectivity index (χ0v) is 19.6. The van der Waals surface area contributed by atoms with Gasteiger partial charge in [0.15, 0.2) is 17.2 Å². The summed E-state index contributed by atoms with van der Waals surface area (Å²) in [5, 5.41) is 6.06. The van der Waals surface area contributed by atoms with E-state index in [4.69, 9.17) is 25.8 Å². The lowest BCUT2D eigenvalue weighted by molar-refractivity contribution is -0.115. The third-order valence-electron chi connectivity index (χ3n) is 4.74.